The van der Waals surface area contributed by atoms with E-state index in [2.05, 4.69) is 15.5 Å². The number of nitroso groups, excluding NO2 is 1. The maximum atomic E-state index is 12.5. The normalized spacial score (nSPS) is 15.2. The lowest BCUT2D eigenvalue weighted by molar-refractivity contribution is 0.194. The van der Waals surface area contributed by atoms with Crippen LogP contribution in [0.5, 0.6) is 0 Å². The van der Waals surface area contributed by atoms with Gasteiger partial charge in [-0.15, -0.1) is 11.3 Å². The van der Waals surface area contributed by atoms with Crippen molar-refractivity contribution in [2.45, 2.75) is 39.2 Å². The summed E-state index contributed by atoms with van der Waals surface area (Å²) in [6.07, 6.45) is 1.78. The van der Waals surface area contributed by atoms with E-state index >= 15 is 0 Å². The van der Waals surface area contributed by atoms with Crippen LogP contribution in [-0.2, 0) is 6.54 Å². The molecule has 1 aromatic carbocycles. The summed E-state index contributed by atoms with van der Waals surface area (Å²) in [4.78, 5) is 29.2. The first-order valence-electron chi connectivity index (χ1n) is 8.43. The van der Waals surface area contributed by atoms with Gasteiger partial charge in [0.1, 0.15) is 6.54 Å². The molecule has 2 heterocycles. The summed E-state index contributed by atoms with van der Waals surface area (Å²) in [5.41, 5.74) is 3.81. The van der Waals surface area contributed by atoms with Gasteiger partial charge in [-0.3, -0.25) is 0 Å². The second kappa shape index (κ2) is 7.74. The Labute approximate surface area is 151 Å². The number of hydrogen-bond donors (Lipinski definition) is 1. The molecule has 0 bridgehead atoms. The van der Waals surface area contributed by atoms with E-state index in [0.717, 1.165) is 40.4 Å². The van der Waals surface area contributed by atoms with E-state index < -0.39 is 0 Å². The number of urea groups is 1. The predicted molar refractivity (Wildman–Crippen MR) is 100 cm³/mol. The first-order chi connectivity index (χ1) is 12.1. The number of nitrogens with zero attached hydrogens (tertiary/aromatic N) is 3. The van der Waals surface area contributed by atoms with Gasteiger partial charge >= 0.3 is 6.03 Å². The summed E-state index contributed by atoms with van der Waals surface area (Å²) in [7, 11) is 0. The molecule has 1 aliphatic heterocycles. The molecule has 6 nitrogen and oxygen atoms in total. The van der Waals surface area contributed by atoms with Crippen molar-refractivity contribution in [2.75, 3.05) is 18.4 Å². The third-order valence-electron chi connectivity index (χ3n) is 4.56. The number of aryl methyl sites for hydroxylation is 2. The summed E-state index contributed by atoms with van der Waals surface area (Å²) >= 11 is 1.58. The van der Waals surface area contributed by atoms with Crippen LogP contribution in [0.4, 0.5) is 10.5 Å². The van der Waals surface area contributed by atoms with Crippen LogP contribution >= 0.6 is 11.3 Å². The van der Waals surface area contributed by atoms with Gasteiger partial charge in [-0.1, -0.05) is 17.3 Å². The Morgan fingerprint density at radius 3 is 2.84 bits per heavy atom. The number of aromatic nitrogens is 1. The standard InChI is InChI=1S/C18H22N4O2S/c1-12-3-4-13(2)16(9-12)21-18(23)22-7-5-14(6-8-22)17-20-15(10-19-24)11-25-17/h3-4,9,11,14H,5-8,10H2,1-2H3,(H,21,23). The van der Waals surface area contributed by atoms with Crippen LogP contribution in [0.3, 0.4) is 0 Å². The molecule has 3 rings (SSSR count). The van der Waals surface area contributed by atoms with E-state index in [1.165, 1.54) is 0 Å². The first-order valence-corrected chi connectivity index (χ1v) is 9.31. The Morgan fingerprint density at radius 2 is 2.12 bits per heavy atom. The molecule has 7 heteroatoms. The van der Waals surface area contributed by atoms with Crippen molar-refractivity contribution in [3.63, 3.8) is 0 Å². The van der Waals surface area contributed by atoms with Crippen LogP contribution in [0.15, 0.2) is 28.8 Å². The number of nitrogens with one attached hydrogen (secondary N) is 1. The van der Waals surface area contributed by atoms with Crippen LogP contribution in [-0.4, -0.2) is 29.0 Å². The van der Waals surface area contributed by atoms with Crippen molar-refractivity contribution in [2.24, 2.45) is 5.18 Å². The highest BCUT2D eigenvalue weighted by Crippen LogP contribution is 2.30. The average molecular weight is 358 g/mol. The lowest BCUT2D eigenvalue weighted by Crippen LogP contribution is -2.40. The molecular weight excluding hydrogens is 336 g/mol. The number of thiazole rings is 1. The molecule has 0 aliphatic carbocycles. The molecule has 132 valence electrons. The van der Waals surface area contributed by atoms with Gasteiger partial charge in [-0.2, -0.15) is 4.91 Å². The molecule has 1 aliphatic rings. The Bertz CT molecular complexity index is 766. The molecule has 2 amide bonds. The molecule has 1 aromatic heterocycles. The monoisotopic (exact) mass is 358 g/mol. The molecule has 25 heavy (non-hydrogen) atoms. The summed E-state index contributed by atoms with van der Waals surface area (Å²) in [6, 6.07) is 6.01. The quantitative estimate of drug-likeness (QED) is 0.821. The van der Waals surface area contributed by atoms with Crippen molar-refractivity contribution in [3.8, 4) is 0 Å². The second-order valence-corrected chi connectivity index (χ2v) is 7.36. The maximum absolute atomic E-state index is 12.5. The zero-order valence-electron chi connectivity index (χ0n) is 14.5. The van der Waals surface area contributed by atoms with Crippen molar-refractivity contribution in [1.29, 1.82) is 0 Å². The van der Waals surface area contributed by atoms with Crippen LogP contribution in [0.25, 0.3) is 0 Å². The fraction of sp³-hybridized carbons (Fsp3) is 0.444. The van der Waals surface area contributed by atoms with Gasteiger partial charge in [-0.05, 0) is 43.9 Å². The molecule has 1 fully saturated rings. The number of anilines is 1. The number of likely N-dealkylation sites (tertiary alicyclic amines) is 1. The molecule has 0 radical (unpaired) electrons. The summed E-state index contributed by atoms with van der Waals surface area (Å²) in [5.74, 6) is 0.357. The van der Waals surface area contributed by atoms with E-state index in [-0.39, 0.29) is 12.6 Å². The maximum Gasteiger partial charge on any atom is 0.321 e. The zero-order chi connectivity index (χ0) is 17.8. The fourth-order valence-corrected chi connectivity index (χ4v) is 4.03. The van der Waals surface area contributed by atoms with Gasteiger partial charge in [-0.25, -0.2) is 9.78 Å². The van der Waals surface area contributed by atoms with Crippen LogP contribution < -0.4 is 5.32 Å². The van der Waals surface area contributed by atoms with Crippen LogP contribution in [0, 0.1) is 18.8 Å². The molecule has 0 unspecified atom stereocenters. The number of carbonyl (C=O) groups excluding carboxylic acids is 1. The van der Waals surface area contributed by atoms with Crippen molar-refractivity contribution in [1.82, 2.24) is 9.88 Å². The minimum Gasteiger partial charge on any atom is -0.324 e. The van der Waals surface area contributed by atoms with E-state index in [0.29, 0.717) is 19.0 Å². The van der Waals surface area contributed by atoms with Gasteiger partial charge in [0.25, 0.3) is 0 Å². The predicted octanol–water partition coefficient (Wildman–Crippen LogP) is 4.44. The molecule has 0 saturated carbocycles. The fourth-order valence-electron chi connectivity index (χ4n) is 3.04. The van der Waals surface area contributed by atoms with Gasteiger partial charge in [0.15, 0.2) is 0 Å². The van der Waals surface area contributed by atoms with E-state index in [9.17, 15) is 9.70 Å². The van der Waals surface area contributed by atoms with E-state index in [1.54, 1.807) is 11.3 Å². The molecule has 0 atom stereocenters. The second-order valence-electron chi connectivity index (χ2n) is 6.47. The van der Waals surface area contributed by atoms with Crippen molar-refractivity contribution in [3.05, 3.63) is 50.3 Å². The van der Waals surface area contributed by atoms with Crippen molar-refractivity contribution >= 4 is 23.1 Å². The lowest BCUT2D eigenvalue weighted by atomic mass is 9.98. The number of carbonyl (C=O) groups is 1. The highest BCUT2D eigenvalue weighted by Gasteiger charge is 2.26. The Balaban J connectivity index is 1.57. The van der Waals surface area contributed by atoms with Crippen LogP contribution in [0.1, 0.15) is 40.6 Å². The summed E-state index contributed by atoms with van der Waals surface area (Å²) in [5, 5.41) is 8.86. The van der Waals surface area contributed by atoms with Gasteiger partial charge in [0.05, 0.1) is 10.7 Å². The number of hydrogen-bond acceptors (Lipinski definition) is 5. The van der Waals surface area contributed by atoms with Crippen molar-refractivity contribution < 1.29 is 4.79 Å². The average Bonchev–Trinajstić information content (AvgIpc) is 3.07. The topological polar surface area (TPSA) is 74.7 Å². The number of benzene rings is 1. The minimum absolute atomic E-state index is 0.0443. The SMILES string of the molecule is Cc1ccc(C)c(NC(=O)N2CCC(c3nc(CN=O)cs3)CC2)c1. The Morgan fingerprint density at radius 1 is 1.36 bits per heavy atom. The number of rotatable bonds is 4. The minimum atomic E-state index is -0.0443. The molecular formula is C18H22N4O2S. The third kappa shape index (κ3) is 4.22. The Hall–Kier alpha value is -2.28. The summed E-state index contributed by atoms with van der Waals surface area (Å²) < 4.78 is 0. The zero-order valence-corrected chi connectivity index (χ0v) is 15.3. The van der Waals surface area contributed by atoms with Crippen LogP contribution in [0.2, 0.25) is 0 Å². The number of piperidine rings is 1. The first kappa shape index (κ1) is 17.5. The highest BCUT2D eigenvalue weighted by atomic mass is 32.1. The summed E-state index contributed by atoms with van der Waals surface area (Å²) in [6.45, 7) is 5.57. The van der Waals surface area contributed by atoms with Gasteiger partial charge in [0, 0.05) is 30.1 Å². The molecule has 0 spiro atoms. The third-order valence-corrected chi connectivity index (χ3v) is 5.62. The van der Waals surface area contributed by atoms with E-state index in [1.807, 2.05) is 42.3 Å². The molecule has 1 N–H and O–H groups in total. The van der Waals surface area contributed by atoms with Gasteiger partial charge in [0.2, 0.25) is 0 Å². The highest BCUT2D eigenvalue weighted by molar-refractivity contribution is 7.09. The molecule has 2 aromatic rings. The molecule has 1 saturated heterocycles. The largest absolute Gasteiger partial charge is 0.324 e. The smallest absolute Gasteiger partial charge is 0.321 e. The Kier molecular flexibility index (Phi) is 5.43. The van der Waals surface area contributed by atoms with E-state index in [4.69, 9.17) is 0 Å². The lowest BCUT2D eigenvalue weighted by Gasteiger charge is -2.31. The number of amides is 2. The van der Waals surface area contributed by atoms with Gasteiger partial charge < -0.3 is 10.2 Å².